The standard InChI is InChI=1S/C26H24Cl3F3N2O/c1-25(2,3)18-7-4-17(5-8-18)15-34(11-10-16-6-9-21(27)22(28)12-16)24(35)19-13-23(29)33-14-20(19)26(30,31)32/h4-9,12-14H,10-11,15H2,1-3H3. The van der Waals surface area contributed by atoms with Gasteiger partial charge in [0.2, 0.25) is 0 Å². The molecule has 0 atom stereocenters. The second-order valence-corrected chi connectivity index (χ2v) is 10.4. The molecule has 0 fully saturated rings. The number of pyridine rings is 1. The summed E-state index contributed by atoms with van der Waals surface area (Å²) in [7, 11) is 0. The van der Waals surface area contributed by atoms with Gasteiger partial charge in [-0.05, 0) is 46.7 Å². The minimum Gasteiger partial charge on any atom is -0.334 e. The van der Waals surface area contributed by atoms with Gasteiger partial charge in [-0.3, -0.25) is 4.79 Å². The van der Waals surface area contributed by atoms with E-state index in [-0.39, 0.29) is 23.7 Å². The summed E-state index contributed by atoms with van der Waals surface area (Å²) < 4.78 is 40.9. The van der Waals surface area contributed by atoms with E-state index in [9.17, 15) is 18.0 Å². The molecular weight excluding hydrogens is 520 g/mol. The first-order valence-electron chi connectivity index (χ1n) is 10.8. The maximum absolute atomic E-state index is 13.6. The van der Waals surface area contributed by atoms with Gasteiger partial charge in [0.05, 0.1) is 21.2 Å². The highest BCUT2D eigenvalue weighted by atomic mass is 35.5. The average molecular weight is 544 g/mol. The third-order valence-electron chi connectivity index (χ3n) is 5.54. The fraction of sp³-hybridized carbons (Fsp3) is 0.308. The van der Waals surface area contributed by atoms with E-state index in [4.69, 9.17) is 34.8 Å². The van der Waals surface area contributed by atoms with Crippen molar-refractivity contribution in [1.29, 1.82) is 0 Å². The molecule has 0 unspecified atom stereocenters. The van der Waals surface area contributed by atoms with Gasteiger partial charge in [-0.15, -0.1) is 0 Å². The van der Waals surface area contributed by atoms with Crippen molar-refractivity contribution in [3.8, 4) is 0 Å². The maximum Gasteiger partial charge on any atom is 0.418 e. The van der Waals surface area contributed by atoms with Crippen LogP contribution in [0.15, 0.2) is 54.7 Å². The van der Waals surface area contributed by atoms with Crippen molar-refractivity contribution >= 4 is 40.7 Å². The second kappa shape index (κ2) is 10.8. The van der Waals surface area contributed by atoms with Crippen LogP contribution in [0.1, 0.15) is 53.4 Å². The summed E-state index contributed by atoms with van der Waals surface area (Å²) in [6.45, 7) is 6.51. The van der Waals surface area contributed by atoms with Crippen molar-refractivity contribution in [2.24, 2.45) is 0 Å². The Morgan fingerprint density at radius 3 is 2.11 bits per heavy atom. The van der Waals surface area contributed by atoms with Crippen LogP contribution in [0.3, 0.4) is 0 Å². The zero-order valence-electron chi connectivity index (χ0n) is 19.4. The molecule has 186 valence electrons. The van der Waals surface area contributed by atoms with Gasteiger partial charge >= 0.3 is 6.18 Å². The number of amides is 1. The molecule has 1 heterocycles. The van der Waals surface area contributed by atoms with Crippen LogP contribution >= 0.6 is 34.8 Å². The van der Waals surface area contributed by atoms with E-state index < -0.39 is 23.2 Å². The minimum absolute atomic E-state index is 0.0582. The van der Waals surface area contributed by atoms with E-state index in [1.807, 2.05) is 24.3 Å². The molecule has 3 aromatic rings. The quantitative estimate of drug-likeness (QED) is 0.293. The van der Waals surface area contributed by atoms with Gasteiger partial charge in [-0.2, -0.15) is 13.2 Å². The SMILES string of the molecule is CC(C)(C)c1ccc(CN(CCc2ccc(Cl)c(Cl)c2)C(=O)c2cc(Cl)ncc2C(F)(F)F)cc1. The van der Waals surface area contributed by atoms with Crippen LogP contribution < -0.4 is 0 Å². The minimum atomic E-state index is -4.76. The number of carbonyl (C=O) groups is 1. The number of hydrogen-bond donors (Lipinski definition) is 0. The number of rotatable bonds is 6. The second-order valence-electron chi connectivity index (χ2n) is 9.22. The van der Waals surface area contributed by atoms with Crippen LogP contribution in [-0.2, 0) is 24.6 Å². The van der Waals surface area contributed by atoms with Crippen molar-refractivity contribution in [1.82, 2.24) is 9.88 Å². The molecule has 0 radical (unpaired) electrons. The Morgan fingerprint density at radius 1 is 0.914 bits per heavy atom. The molecule has 1 amide bonds. The van der Waals surface area contributed by atoms with Crippen molar-refractivity contribution in [2.45, 2.75) is 45.3 Å². The Balaban J connectivity index is 1.95. The fourth-order valence-electron chi connectivity index (χ4n) is 3.55. The summed E-state index contributed by atoms with van der Waals surface area (Å²) in [6.07, 6.45) is -3.81. The average Bonchev–Trinajstić information content (AvgIpc) is 2.77. The Morgan fingerprint density at radius 2 is 1.54 bits per heavy atom. The normalized spacial score (nSPS) is 12.0. The van der Waals surface area contributed by atoms with E-state index in [2.05, 4.69) is 25.8 Å². The Labute approximate surface area is 217 Å². The number of nitrogens with zero attached hydrogens (tertiary/aromatic N) is 2. The molecule has 0 N–H and O–H groups in total. The van der Waals surface area contributed by atoms with Crippen LogP contribution in [0.5, 0.6) is 0 Å². The lowest BCUT2D eigenvalue weighted by Crippen LogP contribution is -2.34. The van der Waals surface area contributed by atoms with E-state index in [1.165, 1.54) is 4.90 Å². The molecule has 35 heavy (non-hydrogen) atoms. The van der Waals surface area contributed by atoms with E-state index >= 15 is 0 Å². The molecule has 2 aromatic carbocycles. The number of benzene rings is 2. The Kier molecular flexibility index (Phi) is 8.40. The molecule has 0 saturated carbocycles. The van der Waals surface area contributed by atoms with Crippen LogP contribution in [0.2, 0.25) is 15.2 Å². The van der Waals surface area contributed by atoms with Gasteiger partial charge in [0.25, 0.3) is 5.91 Å². The van der Waals surface area contributed by atoms with Crippen molar-refractivity contribution < 1.29 is 18.0 Å². The summed E-state index contributed by atoms with van der Waals surface area (Å²) in [5.41, 5.74) is 0.957. The topological polar surface area (TPSA) is 33.2 Å². The van der Waals surface area contributed by atoms with Gasteiger partial charge in [-0.1, -0.05) is 85.9 Å². The molecule has 3 rings (SSSR count). The summed E-state index contributed by atoms with van der Waals surface area (Å²) in [4.78, 5) is 18.3. The first-order chi connectivity index (χ1) is 16.3. The Hall–Kier alpha value is -2.28. The van der Waals surface area contributed by atoms with Crippen LogP contribution in [0, 0.1) is 0 Å². The van der Waals surface area contributed by atoms with Gasteiger partial charge in [-0.25, -0.2) is 4.98 Å². The highest BCUT2D eigenvalue weighted by molar-refractivity contribution is 6.42. The molecule has 0 aliphatic heterocycles. The predicted molar refractivity (Wildman–Crippen MR) is 134 cm³/mol. The van der Waals surface area contributed by atoms with Crippen LogP contribution in [0.25, 0.3) is 0 Å². The Bertz CT molecular complexity index is 1210. The summed E-state index contributed by atoms with van der Waals surface area (Å²) in [6, 6.07) is 13.7. The molecule has 1 aromatic heterocycles. The van der Waals surface area contributed by atoms with E-state index in [1.54, 1.807) is 18.2 Å². The predicted octanol–water partition coefficient (Wildman–Crippen LogP) is 8.24. The summed E-state index contributed by atoms with van der Waals surface area (Å²) in [5, 5.41) is 0.559. The summed E-state index contributed by atoms with van der Waals surface area (Å²) >= 11 is 17.9. The molecule has 3 nitrogen and oxygen atoms in total. The highest BCUT2D eigenvalue weighted by Crippen LogP contribution is 2.33. The van der Waals surface area contributed by atoms with Crippen LogP contribution in [-0.4, -0.2) is 22.3 Å². The smallest absolute Gasteiger partial charge is 0.334 e. The lowest BCUT2D eigenvalue weighted by atomic mass is 9.87. The lowest BCUT2D eigenvalue weighted by Gasteiger charge is -2.25. The van der Waals surface area contributed by atoms with Gasteiger partial charge in [0.1, 0.15) is 5.15 Å². The number of halogens is 6. The molecular formula is C26H24Cl3F3N2O. The monoisotopic (exact) mass is 542 g/mol. The first-order valence-corrected chi connectivity index (χ1v) is 11.9. The van der Waals surface area contributed by atoms with Gasteiger partial charge in [0, 0.05) is 19.3 Å². The largest absolute Gasteiger partial charge is 0.418 e. The van der Waals surface area contributed by atoms with Crippen molar-refractivity contribution in [3.05, 3.63) is 97.7 Å². The van der Waals surface area contributed by atoms with E-state index in [0.29, 0.717) is 22.7 Å². The van der Waals surface area contributed by atoms with Crippen molar-refractivity contribution in [3.63, 3.8) is 0 Å². The number of carbonyl (C=O) groups excluding carboxylic acids is 1. The van der Waals surface area contributed by atoms with E-state index in [0.717, 1.165) is 22.8 Å². The number of hydrogen-bond acceptors (Lipinski definition) is 2. The van der Waals surface area contributed by atoms with Gasteiger partial charge < -0.3 is 4.90 Å². The maximum atomic E-state index is 13.6. The third-order valence-corrected chi connectivity index (χ3v) is 6.49. The van der Waals surface area contributed by atoms with Crippen LogP contribution in [0.4, 0.5) is 13.2 Å². The zero-order chi connectivity index (χ0) is 26.0. The first kappa shape index (κ1) is 27.3. The lowest BCUT2D eigenvalue weighted by molar-refractivity contribution is -0.138. The molecule has 9 heteroatoms. The number of alkyl halides is 3. The molecule has 0 saturated heterocycles. The van der Waals surface area contributed by atoms with Gasteiger partial charge in [0.15, 0.2) is 0 Å². The third kappa shape index (κ3) is 7.12. The highest BCUT2D eigenvalue weighted by Gasteiger charge is 2.37. The number of aromatic nitrogens is 1. The summed E-state index contributed by atoms with van der Waals surface area (Å²) in [5.74, 6) is -0.790. The molecule has 0 spiro atoms. The molecule has 0 bridgehead atoms. The molecule has 0 aliphatic rings. The fourth-order valence-corrected chi connectivity index (χ4v) is 4.02. The zero-order valence-corrected chi connectivity index (χ0v) is 21.7. The van der Waals surface area contributed by atoms with Crippen molar-refractivity contribution in [2.75, 3.05) is 6.54 Å². The molecule has 0 aliphatic carbocycles.